The van der Waals surface area contributed by atoms with E-state index in [1.807, 2.05) is 19.9 Å². The quantitative estimate of drug-likeness (QED) is 0.757. The molecule has 0 saturated carbocycles. The number of aliphatic carboxylic acids is 1. The summed E-state index contributed by atoms with van der Waals surface area (Å²) in [6.07, 6.45) is 2.97. The molecule has 0 saturated heterocycles. The molecule has 0 spiro atoms. The molecule has 5 nitrogen and oxygen atoms in total. The average Bonchev–Trinajstić information content (AvgIpc) is 2.39. The maximum Gasteiger partial charge on any atom is 0.328 e. The van der Waals surface area contributed by atoms with E-state index in [9.17, 15) is 9.59 Å². The number of carboxylic acid groups (broad SMARTS) is 1. The van der Waals surface area contributed by atoms with E-state index in [1.54, 1.807) is 19.2 Å². The second-order valence-corrected chi connectivity index (χ2v) is 5.06. The van der Waals surface area contributed by atoms with Crippen molar-refractivity contribution in [1.29, 1.82) is 0 Å². The van der Waals surface area contributed by atoms with Gasteiger partial charge in [0.25, 0.3) is 0 Å². The van der Waals surface area contributed by atoms with Crippen molar-refractivity contribution in [2.45, 2.75) is 20.3 Å². The number of rotatable bonds is 7. The van der Waals surface area contributed by atoms with Crippen molar-refractivity contribution >= 4 is 23.6 Å². The topological polar surface area (TPSA) is 75.6 Å². The van der Waals surface area contributed by atoms with Crippen LogP contribution in [0, 0.1) is 12.8 Å². The Morgan fingerprint density at radius 2 is 2.14 bits per heavy atom. The summed E-state index contributed by atoms with van der Waals surface area (Å²) < 4.78 is 5.00. The van der Waals surface area contributed by atoms with Crippen molar-refractivity contribution in [3.63, 3.8) is 0 Å². The molecule has 1 amide bonds. The third kappa shape index (κ3) is 6.23. The summed E-state index contributed by atoms with van der Waals surface area (Å²) in [5, 5.41) is 11.5. The van der Waals surface area contributed by atoms with Crippen molar-refractivity contribution in [2.75, 3.05) is 19.0 Å². The van der Waals surface area contributed by atoms with Crippen LogP contribution in [-0.4, -0.2) is 30.7 Å². The lowest BCUT2D eigenvalue weighted by molar-refractivity contribution is -0.131. The van der Waals surface area contributed by atoms with E-state index in [2.05, 4.69) is 5.32 Å². The summed E-state index contributed by atoms with van der Waals surface area (Å²) >= 11 is 0. The first kappa shape index (κ1) is 16.9. The summed E-state index contributed by atoms with van der Waals surface area (Å²) in [7, 11) is 1.61. The number of hydrogen-bond donors (Lipinski definition) is 2. The molecule has 1 aromatic carbocycles. The predicted molar refractivity (Wildman–Crippen MR) is 82.1 cm³/mol. The van der Waals surface area contributed by atoms with Crippen molar-refractivity contribution in [1.82, 2.24) is 0 Å². The van der Waals surface area contributed by atoms with Crippen LogP contribution in [0.4, 0.5) is 5.69 Å². The van der Waals surface area contributed by atoms with E-state index in [4.69, 9.17) is 9.84 Å². The van der Waals surface area contributed by atoms with E-state index in [0.29, 0.717) is 18.7 Å². The minimum absolute atomic E-state index is 0.0865. The molecule has 0 fully saturated rings. The Balaban J connectivity index is 2.74. The van der Waals surface area contributed by atoms with E-state index in [0.717, 1.165) is 17.2 Å². The maximum absolute atomic E-state index is 11.9. The van der Waals surface area contributed by atoms with Gasteiger partial charge in [-0.25, -0.2) is 4.79 Å². The molecule has 5 heteroatoms. The van der Waals surface area contributed by atoms with Crippen molar-refractivity contribution in [2.24, 2.45) is 5.92 Å². The summed E-state index contributed by atoms with van der Waals surface area (Å²) in [4.78, 5) is 22.4. The molecule has 0 aliphatic heterocycles. The van der Waals surface area contributed by atoms with Crippen LogP contribution in [0.25, 0.3) is 6.08 Å². The monoisotopic (exact) mass is 291 g/mol. The predicted octanol–water partition coefficient (Wildman–Crippen LogP) is 2.70. The largest absolute Gasteiger partial charge is 0.478 e. The molecule has 1 atom stereocenters. The molecule has 114 valence electrons. The van der Waals surface area contributed by atoms with Crippen LogP contribution in [0.2, 0.25) is 0 Å². The minimum Gasteiger partial charge on any atom is -0.478 e. The molecule has 21 heavy (non-hydrogen) atoms. The zero-order valence-electron chi connectivity index (χ0n) is 12.6. The zero-order valence-corrected chi connectivity index (χ0v) is 12.6. The van der Waals surface area contributed by atoms with Gasteiger partial charge in [0.1, 0.15) is 0 Å². The smallest absolute Gasteiger partial charge is 0.328 e. The van der Waals surface area contributed by atoms with Gasteiger partial charge in [-0.15, -0.1) is 0 Å². The second-order valence-electron chi connectivity index (χ2n) is 5.06. The number of nitrogens with one attached hydrogen (secondary N) is 1. The Bertz CT molecular complexity index is 537. The van der Waals surface area contributed by atoms with Gasteiger partial charge in [-0.3, -0.25) is 4.79 Å². The van der Waals surface area contributed by atoms with Gasteiger partial charge in [0.15, 0.2) is 0 Å². The lowest BCUT2D eigenvalue weighted by Gasteiger charge is -2.11. The number of aryl methyl sites for hydroxylation is 1. The third-order valence-corrected chi connectivity index (χ3v) is 2.95. The van der Waals surface area contributed by atoms with Crippen molar-refractivity contribution < 1.29 is 19.4 Å². The van der Waals surface area contributed by atoms with E-state index >= 15 is 0 Å². The Kier molecular flexibility index (Phi) is 6.62. The van der Waals surface area contributed by atoms with Gasteiger partial charge in [-0.05, 0) is 42.2 Å². The molecule has 1 unspecified atom stereocenters. The molecule has 0 radical (unpaired) electrons. The first-order valence-electron chi connectivity index (χ1n) is 6.72. The van der Waals surface area contributed by atoms with Crippen LogP contribution < -0.4 is 5.32 Å². The lowest BCUT2D eigenvalue weighted by atomic mass is 10.1. The molecule has 0 heterocycles. The Morgan fingerprint density at radius 3 is 2.76 bits per heavy atom. The molecule has 0 aromatic heterocycles. The third-order valence-electron chi connectivity index (χ3n) is 2.95. The molecular formula is C16H21NO4. The minimum atomic E-state index is -1.00. The molecular weight excluding hydrogens is 270 g/mol. The molecule has 0 bridgehead atoms. The van der Waals surface area contributed by atoms with Crippen LogP contribution in [-0.2, 0) is 14.3 Å². The summed E-state index contributed by atoms with van der Waals surface area (Å²) in [5.41, 5.74) is 2.36. The fourth-order valence-corrected chi connectivity index (χ4v) is 1.93. The molecule has 2 N–H and O–H groups in total. The number of anilines is 1. The van der Waals surface area contributed by atoms with Gasteiger partial charge in [0.05, 0.1) is 0 Å². The SMILES string of the molecule is COCC(C)CC(=O)Nc1ccc(C)c(/C=C/C(=O)O)c1. The molecule has 1 rings (SSSR count). The highest BCUT2D eigenvalue weighted by Crippen LogP contribution is 2.17. The fraction of sp³-hybridized carbons (Fsp3) is 0.375. The first-order valence-corrected chi connectivity index (χ1v) is 6.72. The van der Waals surface area contributed by atoms with Crippen LogP contribution >= 0.6 is 0 Å². The highest BCUT2D eigenvalue weighted by Gasteiger charge is 2.09. The Labute approximate surface area is 124 Å². The normalized spacial score (nSPS) is 12.3. The number of carbonyl (C=O) groups excluding carboxylic acids is 1. The average molecular weight is 291 g/mol. The van der Waals surface area contributed by atoms with E-state index < -0.39 is 5.97 Å². The van der Waals surface area contributed by atoms with E-state index in [-0.39, 0.29) is 11.8 Å². The number of benzene rings is 1. The number of carboxylic acids is 1. The van der Waals surface area contributed by atoms with Crippen LogP contribution in [0.15, 0.2) is 24.3 Å². The standard InChI is InChI=1S/C16H21NO4/c1-11(10-21-3)8-15(18)17-14-6-4-12(2)13(9-14)5-7-16(19)20/h4-7,9,11H,8,10H2,1-3H3,(H,17,18)(H,19,20)/b7-5+. The highest BCUT2D eigenvalue weighted by molar-refractivity contribution is 5.91. The van der Waals surface area contributed by atoms with Gasteiger partial charge in [-0.1, -0.05) is 13.0 Å². The maximum atomic E-state index is 11.9. The Hall–Kier alpha value is -2.14. The van der Waals surface area contributed by atoms with E-state index in [1.165, 1.54) is 6.08 Å². The summed E-state index contributed by atoms with van der Waals surface area (Å²) in [6, 6.07) is 5.40. The number of ether oxygens (including phenoxy) is 1. The van der Waals surface area contributed by atoms with Gasteiger partial charge < -0.3 is 15.2 Å². The Morgan fingerprint density at radius 1 is 1.43 bits per heavy atom. The first-order chi connectivity index (χ1) is 9.92. The number of methoxy groups -OCH3 is 1. The van der Waals surface area contributed by atoms with Crippen molar-refractivity contribution in [3.05, 3.63) is 35.4 Å². The number of amides is 1. The molecule has 0 aliphatic rings. The highest BCUT2D eigenvalue weighted by atomic mass is 16.5. The van der Waals surface area contributed by atoms with Gasteiger partial charge >= 0.3 is 5.97 Å². The summed E-state index contributed by atoms with van der Waals surface area (Å²) in [5.74, 6) is -0.944. The van der Waals surface area contributed by atoms with Gasteiger partial charge in [0.2, 0.25) is 5.91 Å². The van der Waals surface area contributed by atoms with Crippen LogP contribution in [0.3, 0.4) is 0 Å². The van der Waals surface area contributed by atoms with Crippen LogP contribution in [0.1, 0.15) is 24.5 Å². The molecule has 0 aliphatic carbocycles. The van der Waals surface area contributed by atoms with Gasteiger partial charge in [0, 0.05) is 31.9 Å². The second kappa shape index (κ2) is 8.21. The van der Waals surface area contributed by atoms with Gasteiger partial charge in [-0.2, -0.15) is 0 Å². The number of carbonyl (C=O) groups is 2. The number of hydrogen-bond acceptors (Lipinski definition) is 3. The lowest BCUT2D eigenvalue weighted by Crippen LogP contribution is -2.17. The van der Waals surface area contributed by atoms with Crippen LogP contribution in [0.5, 0.6) is 0 Å². The fourth-order valence-electron chi connectivity index (χ4n) is 1.93. The summed E-state index contributed by atoms with van der Waals surface area (Å²) in [6.45, 7) is 4.36. The molecule has 1 aromatic rings. The zero-order chi connectivity index (χ0) is 15.8. The van der Waals surface area contributed by atoms with Crippen molar-refractivity contribution in [3.8, 4) is 0 Å².